The van der Waals surface area contributed by atoms with Crippen molar-refractivity contribution in [3.63, 3.8) is 0 Å². The summed E-state index contributed by atoms with van der Waals surface area (Å²) in [7, 11) is 0. The molecule has 1 saturated heterocycles. The van der Waals surface area contributed by atoms with Gasteiger partial charge in [0.05, 0.1) is 6.61 Å². The fourth-order valence-corrected chi connectivity index (χ4v) is 3.26. The van der Waals surface area contributed by atoms with E-state index in [4.69, 9.17) is 0 Å². The topological polar surface area (TPSA) is 35.5 Å². The third-order valence-electron chi connectivity index (χ3n) is 5.35. The van der Waals surface area contributed by atoms with E-state index in [1.54, 1.807) is 0 Å². The highest BCUT2D eigenvalue weighted by Crippen LogP contribution is 2.37. The summed E-state index contributed by atoms with van der Waals surface area (Å²) in [4.78, 5) is 2.58. The number of aliphatic hydroxyl groups is 1. The van der Waals surface area contributed by atoms with Gasteiger partial charge in [0.15, 0.2) is 0 Å². The fraction of sp³-hybridized carbons (Fsp3) is 1.00. The van der Waals surface area contributed by atoms with Gasteiger partial charge in [-0.15, -0.1) is 0 Å². The number of hydrogen-bond acceptors (Lipinski definition) is 3. The highest BCUT2D eigenvalue weighted by atomic mass is 16.3. The van der Waals surface area contributed by atoms with Crippen LogP contribution in [0.5, 0.6) is 0 Å². The third kappa shape index (κ3) is 4.73. The average molecular weight is 270 g/mol. The number of likely N-dealkylation sites (tertiary alicyclic amines) is 1. The van der Waals surface area contributed by atoms with E-state index in [0.717, 1.165) is 19.5 Å². The van der Waals surface area contributed by atoms with E-state index in [1.165, 1.54) is 38.8 Å². The monoisotopic (exact) mass is 270 g/mol. The van der Waals surface area contributed by atoms with Crippen molar-refractivity contribution in [1.82, 2.24) is 10.2 Å². The highest BCUT2D eigenvalue weighted by molar-refractivity contribution is 4.87. The van der Waals surface area contributed by atoms with E-state index in [-0.39, 0.29) is 12.1 Å². The van der Waals surface area contributed by atoms with Crippen LogP contribution in [-0.4, -0.2) is 48.3 Å². The Kier molecular flexibility index (Phi) is 6.78. The first-order valence-corrected chi connectivity index (χ1v) is 8.11. The number of likely N-dealkylation sites (N-methyl/N-ethyl adjacent to an activating group) is 1. The Labute approximate surface area is 119 Å². The molecule has 1 aliphatic rings. The number of piperidine rings is 1. The maximum absolute atomic E-state index is 9.52. The van der Waals surface area contributed by atoms with Gasteiger partial charge >= 0.3 is 0 Å². The van der Waals surface area contributed by atoms with E-state index < -0.39 is 0 Å². The molecular weight excluding hydrogens is 236 g/mol. The minimum atomic E-state index is -0.112. The number of nitrogens with zero attached hydrogens (tertiary/aromatic N) is 1. The predicted octanol–water partition coefficient (Wildman–Crippen LogP) is 2.64. The lowest BCUT2D eigenvalue weighted by molar-refractivity contribution is 0.0808. The van der Waals surface area contributed by atoms with Gasteiger partial charge in [0.1, 0.15) is 0 Å². The average Bonchev–Trinajstić information content (AvgIpc) is 2.46. The Balaban J connectivity index is 2.37. The van der Waals surface area contributed by atoms with Crippen molar-refractivity contribution < 1.29 is 5.11 Å². The number of aliphatic hydroxyl groups excluding tert-OH is 1. The zero-order valence-electron chi connectivity index (χ0n) is 13.5. The van der Waals surface area contributed by atoms with Gasteiger partial charge in [-0.05, 0) is 57.8 Å². The maximum Gasteiger partial charge on any atom is 0.0611 e. The summed E-state index contributed by atoms with van der Waals surface area (Å²) in [5, 5.41) is 12.9. The normalized spacial score (nSPS) is 23.2. The molecule has 0 saturated carbocycles. The van der Waals surface area contributed by atoms with E-state index in [0.29, 0.717) is 5.41 Å². The molecule has 19 heavy (non-hydrogen) atoms. The number of nitrogens with one attached hydrogen (secondary N) is 1. The smallest absolute Gasteiger partial charge is 0.0611 e. The molecule has 1 unspecified atom stereocenters. The summed E-state index contributed by atoms with van der Waals surface area (Å²) in [5.74, 6) is 0. The molecule has 1 atom stereocenters. The largest absolute Gasteiger partial charge is 0.394 e. The molecule has 0 spiro atoms. The van der Waals surface area contributed by atoms with Crippen molar-refractivity contribution in [2.75, 3.05) is 32.8 Å². The summed E-state index contributed by atoms with van der Waals surface area (Å²) < 4.78 is 0. The minimum Gasteiger partial charge on any atom is -0.394 e. The SMILES string of the molecule is CCNC(C)(CO)CCN1CCC(CC)(CC)CC1. The second-order valence-electron chi connectivity index (χ2n) is 6.55. The molecule has 114 valence electrons. The van der Waals surface area contributed by atoms with Gasteiger partial charge in [0.25, 0.3) is 0 Å². The standard InChI is InChI=1S/C16H34N2O/c1-5-16(6-2)9-12-18(13-10-16)11-8-15(4,14-19)17-7-3/h17,19H,5-14H2,1-4H3. The molecule has 0 aliphatic carbocycles. The van der Waals surface area contributed by atoms with Crippen LogP contribution in [-0.2, 0) is 0 Å². The van der Waals surface area contributed by atoms with Crippen LogP contribution in [0, 0.1) is 5.41 Å². The van der Waals surface area contributed by atoms with Gasteiger partial charge < -0.3 is 15.3 Å². The molecule has 2 N–H and O–H groups in total. The maximum atomic E-state index is 9.52. The number of rotatable bonds is 8. The summed E-state index contributed by atoms with van der Waals surface area (Å²) in [6, 6.07) is 0. The van der Waals surface area contributed by atoms with Gasteiger partial charge in [-0.1, -0.05) is 33.6 Å². The second-order valence-corrected chi connectivity index (χ2v) is 6.55. The summed E-state index contributed by atoms with van der Waals surface area (Å²) in [5.41, 5.74) is 0.497. The first-order valence-electron chi connectivity index (χ1n) is 8.11. The Morgan fingerprint density at radius 1 is 1.16 bits per heavy atom. The van der Waals surface area contributed by atoms with Crippen LogP contribution >= 0.6 is 0 Å². The Bertz CT molecular complexity index is 243. The molecule has 0 bridgehead atoms. The van der Waals surface area contributed by atoms with Crippen LogP contribution in [0.2, 0.25) is 0 Å². The fourth-order valence-electron chi connectivity index (χ4n) is 3.26. The van der Waals surface area contributed by atoms with Crippen LogP contribution in [0.3, 0.4) is 0 Å². The van der Waals surface area contributed by atoms with E-state index in [1.807, 2.05) is 0 Å². The van der Waals surface area contributed by atoms with Crippen LogP contribution in [0.25, 0.3) is 0 Å². The molecule has 1 aliphatic heterocycles. The van der Waals surface area contributed by atoms with Gasteiger partial charge in [0, 0.05) is 5.54 Å². The quantitative estimate of drug-likeness (QED) is 0.712. The van der Waals surface area contributed by atoms with Crippen molar-refractivity contribution in [3.8, 4) is 0 Å². The van der Waals surface area contributed by atoms with Crippen LogP contribution < -0.4 is 5.32 Å². The summed E-state index contributed by atoms with van der Waals surface area (Å²) >= 11 is 0. The second kappa shape index (κ2) is 7.61. The van der Waals surface area contributed by atoms with Crippen molar-refractivity contribution in [2.45, 2.75) is 65.3 Å². The highest BCUT2D eigenvalue weighted by Gasteiger charge is 2.32. The molecule has 3 nitrogen and oxygen atoms in total. The van der Waals surface area contributed by atoms with Crippen molar-refractivity contribution in [1.29, 1.82) is 0 Å². The molecule has 3 heteroatoms. The molecule has 1 heterocycles. The third-order valence-corrected chi connectivity index (χ3v) is 5.35. The molecule has 1 fully saturated rings. The molecule has 0 aromatic rings. The lowest BCUT2D eigenvalue weighted by Crippen LogP contribution is -2.49. The Hall–Kier alpha value is -0.120. The molecule has 0 radical (unpaired) electrons. The lowest BCUT2D eigenvalue weighted by atomic mass is 9.74. The minimum absolute atomic E-state index is 0.112. The molecular formula is C16H34N2O. The zero-order chi connectivity index (χ0) is 14.4. The molecule has 0 aromatic carbocycles. The van der Waals surface area contributed by atoms with E-state index in [9.17, 15) is 5.11 Å². The summed E-state index contributed by atoms with van der Waals surface area (Å²) in [6.07, 6.45) is 6.36. The Morgan fingerprint density at radius 2 is 1.74 bits per heavy atom. The van der Waals surface area contributed by atoms with E-state index >= 15 is 0 Å². The first-order chi connectivity index (χ1) is 9.03. The van der Waals surface area contributed by atoms with Crippen molar-refractivity contribution >= 4 is 0 Å². The van der Waals surface area contributed by atoms with Gasteiger partial charge in [-0.3, -0.25) is 0 Å². The summed E-state index contributed by atoms with van der Waals surface area (Å²) in [6.45, 7) is 13.6. The van der Waals surface area contributed by atoms with Gasteiger partial charge in [0.2, 0.25) is 0 Å². The zero-order valence-corrected chi connectivity index (χ0v) is 13.5. The predicted molar refractivity (Wildman–Crippen MR) is 82.5 cm³/mol. The Morgan fingerprint density at radius 3 is 2.16 bits per heavy atom. The van der Waals surface area contributed by atoms with Crippen molar-refractivity contribution in [3.05, 3.63) is 0 Å². The van der Waals surface area contributed by atoms with Gasteiger partial charge in [-0.2, -0.15) is 0 Å². The van der Waals surface area contributed by atoms with Crippen LogP contribution in [0.4, 0.5) is 0 Å². The molecule has 0 aromatic heterocycles. The first kappa shape index (κ1) is 16.9. The lowest BCUT2D eigenvalue weighted by Gasteiger charge is -2.42. The molecule has 0 amide bonds. The number of hydrogen-bond donors (Lipinski definition) is 2. The van der Waals surface area contributed by atoms with E-state index in [2.05, 4.69) is 37.9 Å². The van der Waals surface area contributed by atoms with Gasteiger partial charge in [-0.25, -0.2) is 0 Å². The molecule has 1 rings (SSSR count). The van der Waals surface area contributed by atoms with Crippen LogP contribution in [0.1, 0.15) is 59.8 Å². The van der Waals surface area contributed by atoms with Crippen molar-refractivity contribution in [2.24, 2.45) is 5.41 Å². The van der Waals surface area contributed by atoms with Crippen LogP contribution in [0.15, 0.2) is 0 Å².